The van der Waals surface area contributed by atoms with E-state index in [1.807, 2.05) is 0 Å². The maximum atomic E-state index is 12.8. The predicted octanol–water partition coefficient (Wildman–Crippen LogP) is 3.83. The van der Waals surface area contributed by atoms with Crippen LogP contribution in [0.4, 0.5) is 24.7 Å². The van der Waals surface area contributed by atoms with Crippen LogP contribution in [-0.2, 0) is 10.5 Å². The molecule has 0 spiro atoms. The number of rotatable bonds is 12. The first-order chi connectivity index (χ1) is 17.7. The van der Waals surface area contributed by atoms with Gasteiger partial charge in [-0.05, 0) is 67.1 Å². The molecule has 0 atom stereocenters. The zero-order valence-corrected chi connectivity index (χ0v) is 20.2. The van der Waals surface area contributed by atoms with E-state index in [-0.39, 0.29) is 19.1 Å². The molecule has 3 rings (SSSR count). The van der Waals surface area contributed by atoms with Crippen LogP contribution in [0.5, 0.6) is 5.75 Å². The monoisotopic (exact) mass is 535 g/mol. The molecule has 13 heteroatoms. The third-order valence-corrected chi connectivity index (χ3v) is 5.70. The van der Waals surface area contributed by atoms with Gasteiger partial charge in [0.05, 0.1) is 12.1 Å². The van der Waals surface area contributed by atoms with Crippen LogP contribution in [-0.4, -0.2) is 52.9 Å². The Balaban J connectivity index is 1.58. The van der Waals surface area contributed by atoms with Gasteiger partial charge in [0.2, 0.25) is 5.91 Å². The van der Waals surface area contributed by atoms with Gasteiger partial charge in [-0.25, -0.2) is 9.97 Å². The van der Waals surface area contributed by atoms with Gasteiger partial charge >= 0.3 is 6.36 Å². The van der Waals surface area contributed by atoms with Gasteiger partial charge in [0, 0.05) is 30.4 Å². The van der Waals surface area contributed by atoms with Crippen LogP contribution in [0.3, 0.4) is 0 Å². The number of carbonyl (C=O) groups excluding carboxylic acids is 2. The highest BCUT2D eigenvalue weighted by molar-refractivity contribution is 7.98. The highest BCUT2D eigenvalue weighted by Gasteiger charge is 2.31. The molecule has 0 fully saturated rings. The maximum absolute atomic E-state index is 12.8. The smallest absolute Gasteiger partial charge is 0.406 e. The molecule has 37 heavy (non-hydrogen) atoms. The summed E-state index contributed by atoms with van der Waals surface area (Å²) in [5.74, 6) is -0.327. The molecule has 2 heterocycles. The first-order valence-corrected chi connectivity index (χ1v) is 12.0. The summed E-state index contributed by atoms with van der Waals surface area (Å²) >= 11 is 1.30. The van der Waals surface area contributed by atoms with Crippen molar-refractivity contribution in [3.8, 4) is 5.75 Å². The molecule has 0 saturated heterocycles. The third-order valence-electron chi connectivity index (χ3n) is 4.63. The number of nitrogens with zero attached hydrogens (tertiary/aromatic N) is 2. The Hall–Kier alpha value is -3.68. The highest BCUT2D eigenvalue weighted by atomic mass is 32.2. The van der Waals surface area contributed by atoms with E-state index in [1.54, 1.807) is 36.7 Å². The molecule has 0 aliphatic heterocycles. The number of pyridine rings is 2. The van der Waals surface area contributed by atoms with Crippen molar-refractivity contribution in [2.45, 2.75) is 23.6 Å². The van der Waals surface area contributed by atoms with Crippen LogP contribution in [0.15, 0.2) is 66.0 Å². The average molecular weight is 536 g/mol. The lowest BCUT2D eigenvalue weighted by atomic mass is 10.2. The van der Waals surface area contributed by atoms with Gasteiger partial charge < -0.3 is 25.8 Å². The summed E-state index contributed by atoms with van der Waals surface area (Å²) in [5.41, 5.74) is 1.42. The molecule has 2 aromatic heterocycles. The predicted molar refractivity (Wildman–Crippen MR) is 132 cm³/mol. The number of anilines is 2. The van der Waals surface area contributed by atoms with Crippen LogP contribution in [0.1, 0.15) is 22.3 Å². The molecule has 0 aliphatic carbocycles. The number of ether oxygens (including phenoxy) is 1. The Labute approximate surface area is 214 Å². The number of halogens is 3. The molecule has 0 bridgehead atoms. The Morgan fingerprint density at radius 2 is 1.81 bits per heavy atom. The number of thioether (sulfide) groups is 1. The summed E-state index contributed by atoms with van der Waals surface area (Å²) in [6, 6.07) is 11.5. The molecule has 2 amide bonds. The fraction of sp³-hybridized carbons (Fsp3) is 0.250. The average Bonchev–Trinajstić information content (AvgIpc) is 2.86. The SMILES string of the molecule is O=C(CNCCCO)Nc1cc(CSc2ncccc2C(=O)Nc2ccc(OC(F)(F)F)cc2)ccn1. The molecule has 0 saturated carbocycles. The van der Waals surface area contributed by atoms with Gasteiger partial charge in [-0.2, -0.15) is 0 Å². The van der Waals surface area contributed by atoms with E-state index in [1.165, 1.54) is 23.9 Å². The second-order valence-corrected chi connectivity index (χ2v) is 8.49. The highest BCUT2D eigenvalue weighted by Crippen LogP contribution is 2.27. The minimum Gasteiger partial charge on any atom is -0.406 e. The van der Waals surface area contributed by atoms with Crippen LogP contribution in [0.25, 0.3) is 0 Å². The summed E-state index contributed by atoms with van der Waals surface area (Å²) in [6.45, 7) is 0.653. The largest absolute Gasteiger partial charge is 0.573 e. The van der Waals surface area contributed by atoms with Gasteiger partial charge in [-0.3, -0.25) is 9.59 Å². The van der Waals surface area contributed by atoms with E-state index in [4.69, 9.17) is 5.11 Å². The van der Waals surface area contributed by atoms with Crippen molar-refractivity contribution in [1.82, 2.24) is 15.3 Å². The second kappa shape index (κ2) is 13.6. The van der Waals surface area contributed by atoms with Crippen molar-refractivity contribution in [3.63, 3.8) is 0 Å². The molecule has 0 unspecified atom stereocenters. The number of benzene rings is 1. The minimum atomic E-state index is -4.80. The van der Waals surface area contributed by atoms with E-state index in [0.29, 0.717) is 40.8 Å². The molecule has 3 aromatic rings. The zero-order chi connectivity index (χ0) is 26.7. The van der Waals surface area contributed by atoms with Crippen LogP contribution in [0, 0.1) is 0 Å². The molecular formula is C24H24F3N5O4S. The second-order valence-electron chi connectivity index (χ2n) is 7.52. The number of aliphatic hydroxyl groups is 1. The Kier molecular flexibility index (Phi) is 10.2. The summed E-state index contributed by atoms with van der Waals surface area (Å²) in [6.07, 6.45) is -1.14. The van der Waals surface area contributed by atoms with Gasteiger partial charge in [0.15, 0.2) is 0 Å². The Bertz CT molecular complexity index is 1200. The summed E-state index contributed by atoms with van der Waals surface area (Å²) in [4.78, 5) is 33.2. The van der Waals surface area contributed by atoms with Crippen molar-refractivity contribution in [3.05, 3.63) is 72.1 Å². The van der Waals surface area contributed by atoms with Crippen LogP contribution >= 0.6 is 11.8 Å². The van der Waals surface area contributed by atoms with Crippen molar-refractivity contribution >= 4 is 35.1 Å². The van der Waals surface area contributed by atoms with Gasteiger partial charge in [0.1, 0.15) is 16.6 Å². The van der Waals surface area contributed by atoms with E-state index in [0.717, 1.165) is 17.7 Å². The fourth-order valence-electron chi connectivity index (χ4n) is 2.99. The summed E-state index contributed by atoms with van der Waals surface area (Å²) < 4.78 is 40.8. The standard InChI is InChI=1S/C24H24F3N5O4S/c25-24(26,27)36-18-6-4-17(5-7-18)31-22(35)19-3-1-10-30-23(19)37-15-16-8-11-29-20(13-16)32-21(34)14-28-9-2-12-33/h1,3-8,10-11,13,28,33H,2,9,12,14-15H2,(H,31,35)(H,29,32,34). The van der Waals surface area contributed by atoms with Gasteiger partial charge in [-0.1, -0.05) is 0 Å². The fourth-order valence-corrected chi connectivity index (χ4v) is 3.93. The Morgan fingerprint density at radius 1 is 1.03 bits per heavy atom. The van der Waals surface area contributed by atoms with Crippen molar-refractivity contribution in [1.29, 1.82) is 0 Å². The normalized spacial score (nSPS) is 11.1. The number of aliphatic hydroxyl groups excluding tert-OH is 1. The number of hydrogen-bond acceptors (Lipinski definition) is 8. The van der Waals surface area contributed by atoms with Crippen molar-refractivity contribution in [2.24, 2.45) is 0 Å². The van der Waals surface area contributed by atoms with E-state index in [9.17, 15) is 22.8 Å². The number of aromatic nitrogens is 2. The lowest BCUT2D eigenvalue weighted by molar-refractivity contribution is -0.274. The van der Waals surface area contributed by atoms with E-state index in [2.05, 4.69) is 30.7 Å². The molecular weight excluding hydrogens is 511 g/mol. The lowest BCUT2D eigenvalue weighted by Gasteiger charge is -2.11. The molecule has 0 aliphatic rings. The first kappa shape index (κ1) is 27.9. The number of carbonyl (C=O) groups is 2. The van der Waals surface area contributed by atoms with E-state index < -0.39 is 18.0 Å². The summed E-state index contributed by atoms with van der Waals surface area (Å²) in [7, 11) is 0. The summed E-state index contributed by atoms with van der Waals surface area (Å²) in [5, 5.41) is 17.5. The number of amides is 2. The van der Waals surface area contributed by atoms with Crippen LogP contribution in [0.2, 0.25) is 0 Å². The van der Waals surface area contributed by atoms with Gasteiger partial charge in [-0.15, -0.1) is 24.9 Å². The third kappa shape index (κ3) is 9.71. The molecule has 1 aromatic carbocycles. The first-order valence-electron chi connectivity index (χ1n) is 11.0. The maximum Gasteiger partial charge on any atom is 0.573 e. The van der Waals surface area contributed by atoms with Crippen molar-refractivity contribution in [2.75, 3.05) is 30.3 Å². The molecule has 196 valence electrons. The molecule has 0 radical (unpaired) electrons. The molecule has 4 N–H and O–H groups in total. The number of hydrogen-bond donors (Lipinski definition) is 4. The topological polar surface area (TPSA) is 125 Å². The van der Waals surface area contributed by atoms with Crippen LogP contribution < -0.4 is 20.7 Å². The minimum absolute atomic E-state index is 0.0451. The number of alkyl halides is 3. The molecule has 9 nitrogen and oxygen atoms in total. The van der Waals surface area contributed by atoms with Gasteiger partial charge in [0.25, 0.3) is 5.91 Å². The Morgan fingerprint density at radius 3 is 2.54 bits per heavy atom. The van der Waals surface area contributed by atoms with Crippen molar-refractivity contribution < 1.29 is 32.6 Å². The number of nitrogens with one attached hydrogen (secondary N) is 3. The lowest BCUT2D eigenvalue weighted by Crippen LogP contribution is -2.29. The van der Waals surface area contributed by atoms with E-state index >= 15 is 0 Å². The quantitative estimate of drug-likeness (QED) is 0.204. The zero-order valence-electron chi connectivity index (χ0n) is 19.4.